The maximum absolute atomic E-state index is 12.2. The lowest BCUT2D eigenvalue weighted by molar-refractivity contribution is -0.125. The zero-order valence-corrected chi connectivity index (χ0v) is 15.6. The molecule has 4 aliphatic rings. The highest BCUT2D eigenvalue weighted by atomic mass is 16.1. The van der Waals surface area contributed by atoms with Gasteiger partial charge in [0.05, 0.1) is 0 Å². The summed E-state index contributed by atoms with van der Waals surface area (Å²) < 4.78 is 0. The first-order valence-electron chi connectivity index (χ1n) is 9.72. The minimum atomic E-state index is -0.0124. The van der Waals surface area contributed by atoms with Crippen molar-refractivity contribution in [3.63, 3.8) is 0 Å². The Hall–Kier alpha value is -1.18. The molecule has 0 heterocycles. The van der Waals surface area contributed by atoms with Crippen LogP contribution in [0.1, 0.15) is 72.6 Å². The number of Topliss-reactive ketones (excluding diaryl/α,β-unsaturated/α-hetero) is 1. The molecular weight excluding hydrogens is 296 g/mol. The van der Waals surface area contributed by atoms with Crippen molar-refractivity contribution in [2.45, 2.75) is 72.6 Å². The monoisotopic (exact) mass is 326 g/mol. The lowest BCUT2D eigenvalue weighted by atomic mass is 9.53. The van der Waals surface area contributed by atoms with Gasteiger partial charge >= 0.3 is 0 Å². The standard InChI is InChI=1S/C22H30O2/c1-13(23)18-7-8-19-16-6-5-14-11-15(24)12-21(2,3)20(14)17(16)9-10-22(18,19)4/h11,16,18-19H,5-10,12H2,1-4H3/t16-,18-,19+,22-/m1/s1. The van der Waals surface area contributed by atoms with Gasteiger partial charge in [-0.25, -0.2) is 0 Å². The summed E-state index contributed by atoms with van der Waals surface area (Å²) in [5.74, 6) is 2.28. The molecule has 0 aromatic carbocycles. The van der Waals surface area contributed by atoms with Crippen molar-refractivity contribution in [3.8, 4) is 0 Å². The van der Waals surface area contributed by atoms with Gasteiger partial charge in [-0.3, -0.25) is 9.59 Å². The summed E-state index contributed by atoms with van der Waals surface area (Å²) in [5.41, 5.74) is 4.69. The molecule has 0 N–H and O–H groups in total. The van der Waals surface area contributed by atoms with Gasteiger partial charge in [0.15, 0.2) is 5.78 Å². The van der Waals surface area contributed by atoms with E-state index in [1.165, 1.54) is 24.0 Å². The molecule has 0 bridgehead atoms. The molecule has 4 atom stereocenters. The van der Waals surface area contributed by atoms with E-state index < -0.39 is 0 Å². The van der Waals surface area contributed by atoms with Crippen LogP contribution in [0.15, 0.2) is 22.8 Å². The predicted molar refractivity (Wildman–Crippen MR) is 95.5 cm³/mol. The average Bonchev–Trinajstić information content (AvgIpc) is 2.83. The number of ketones is 2. The largest absolute Gasteiger partial charge is 0.300 e. The van der Waals surface area contributed by atoms with Crippen LogP contribution in [0.4, 0.5) is 0 Å². The number of carbonyl (C=O) groups excluding carboxylic acids is 2. The van der Waals surface area contributed by atoms with Crippen molar-refractivity contribution in [2.24, 2.45) is 28.6 Å². The molecule has 2 saturated carbocycles. The number of allylic oxidation sites excluding steroid dienone is 4. The third-order valence-corrected chi connectivity index (χ3v) is 7.76. The second-order valence-corrected chi connectivity index (χ2v) is 9.59. The average molecular weight is 326 g/mol. The third kappa shape index (κ3) is 2.14. The topological polar surface area (TPSA) is 34.1 Å². The molecule has 0 radical (unpaired) electrons. The Morgan fingerprint density at radius 3 is 2.58 bits per heavy atom. The second-order valence-electron chi connectivity index (χ2n) is 9.59. The van der Waals surface area contributed by atoms with Crippen molar-refractivity contribution in [1.29, 1.82) is 0 Å². The quantitative estimate of drug-likeness (QED) is 0.677. The number of carbonyl (C=O) groups is 2. The Morgan fingerprint density at radius 2 is 1.88 bits per heavy atom. The summed E-state index contributed by atoms with van der Waals surface area (Å²) in [6, 6.07) is 0. The van der Waals surface area contributed by atoms with Crippen molar-refractivity contribution in [2.75, 3.05) is 0 Å². The molecule has 0 aromatic heterocycles. The Bertz CT molecular complexity index is 678. The van der Waals surface area contributed by atoms with Gasteiger partial charge < -0.3 is 0 Å². The molecule has 0 aliphatic heterocycles. The Morgan fingerprint density at radius 1 is 1.12 bits per heavy atom. The van der Waals surface area contributed by atoms with E-state index in [2.05, 4.69) is 20.8 Å². The second kappa shape index (κ2) is 5.16. The van der Waals surface area contributed by atoms with Gasteiger partial charge in [-0.1, -0.05) is 26.3 Å². The van der Waals surface area contributed by atoms with E-state index in [0.717, 1.165) is 25.7 Å². The van der Waals surface area contributed by atoms with E-state index in [1.54, 1.807) is 12.5 Å². The summed E-state index contributed by atoms with van der Waals surface area (Å²) in [6.45, 7) is 8.69. The van der Waals surface area contributed by atoms with E-state index in [0.29, 0.717) is 29.8 Å². The van der Waals surface area contributed by atoms with Crippen LogP contribution in [0, 0.1) is 28.6 Å². The molecule has 4 aliphatic carbocycles. The van der Waals surface area contributed by atoms with Crippen LogP contribution in [0.3, 0.4) is 0 Å². The van der Waals surface area contributed by atoms with Gasteiger partial charge in [0.1, 0.15) is 5.78 Å². The first-order chi connectivity index (χ1) is 11.2. The molecule has 2 nitrogen and oxygen atoms in total. The van der Waals surface area contributed by atoms with Crippen LogP contribution >= 0.6 is 0 Å². The fourth-order valence-corrected chi connectivity index (χ4v) is 6.90. The summed E-state index contributed by atoms with van der Waals surface area (Å²) in [7, 11) is 0. The molecule has 2 fully saturated rings. The fourth-order valence-electron chi connectivity index (χ4n) is 6.90. The van der Waals surface area contributed by atoms with E-state index in [1.807, 2.05) is 6.08 Å². The SMILES string of the molecule is CC(=O)[C@H]1CC[C@H]2[C@@H]3CCC4=CC(=O)CC(C)(C)C4=C3CC[C@]12C. The van der Waals surface area contributed by atoms with E-state index in [-0.39, 0.29) is 16.7 Å². The molecule has 4 rings (SSSR count). The summed E-state index contributed by atoms with van der Waals surface area (Å²) >= 11 is 0. The molecule has 2 heteroatoms. The van der Waals surface area contributed by atoms with Gasteiger partial charge in [0.2, 0.25) is 0 Å². The highest BCUT2D eigenvalue weighted by Crippen LogP contribution is 2.63. The molecule has 0 unspecified atom stereocenters. The normalized spacial score (nSPS) is 40.6. The van der Waals surface area contributed by atoms with Crippen LogP contribution in [-0.4, -0.2) is 11.6 Å². The van der Waals surface area contributed by atoms with Gasteiger partial charge in [-0.05, 0) is 85.3 Å². The van der Waals surface area contributed by atoms with Crippen LogP contribution < -0.4 is 0 Å². The maximum Gasteiger partial charge on any atom is 0.156 e. The Kier molecular flexibility index (Phi) is 3.50. The predicted octanol–water partition coefficient (Wildman–Crippen LogP) is 5.03. The Labute approximate surface area is 145 Å². The van der Waals surface area contributed by atoms with Crippen molar-refractivity contribution in [3.05, 3.63) is 22.8 Å². The first-order valence-corrected chi connectivity index (χ1v) is 9.72. The number of hydrogen-bond acceptors (Lipinski definition) is 2. The van der Waals surface area contributed by atoms with E-state index in [4.69, 9.17) is 0 Å². The number of hydrogen-bond donors (Lipinski definition) is 0. The fraction of sp³-hybridized carbons (Fsp3) is 0.727. The molecule has 0 amide bonds. The van der Waals surface area contributed by atoms with E-state index in [9.17, 15) is 9.59 Å². The first kappa shape index (κ1) is 16.3. The van der Waals surface area contributed by atoms with Crippen LogP contribution in [0.5, 0.6) is 0 Å². The van der Waals surface area contributed by atoms with Crippen LogP contribution in [0.25, 0.3) is 0 Å². The van der Waals surface area contributed by atoms with Gasteiger partial charge in [-0.2, -0.15) is 0 Å². The van der Waals surface area contributed by atoms with Crippen molar-refractivity contribution >= 4 is 11.6 Å². The van der Waals surface area contributed by atoms with Gasteiger partial charge in [0, 0.05) is 12.3 Å². The summed E-state index contributed by atoms with van der Waals surface area (Å²) in [5, 5.41) is 0. The molecule has 0 spiro atoms. The van der Waals surface area contributed by atoms with Crippen molar-refractivity contribution < 1.29 is 9.59 Å². The smallest absolute Gasteiger partial charge is 0.156 e. The van der Waals surface area contributed by atoms with Crippen LogP contribution in [-0.2, 0) is 9.59 Å². The Balaban J connectivity index is 1.78. The van der Waals surface area contributed by atoms with E-state index >= 15 is 0 Å². The molecule has 24 heavy (non-hydrogen) atoms. The van der Waals surface area contributed by atoms with Crippen LogP contribution in [0.2, 0.25) is 0 Å². The zero-order chi connectivity index (χ0) is 17.3. The minimum Gasteiger partial charge on any atom is -0.300 e. The highest BCUT2D eigenvalue weighted by Gasteiger charge is 2.55. The number of rotatable bonds is 1. The molecular formula is C22H30O2. The third-order valence-electron chi connectivity index (χ3n) is 7.76. The molecule has 130 valence electrons. The lowest BCUT2D eigenvalue weighted by Gasteiger charge is -2.51. The summed E-state index contributed by atoms with van der Waals surface area (Å²) in [6.07, 6.45) is 9.39. The molecule has 0 aromatic rings. The van der Waals surface area contributed by atoms with Crippen molar-refractivity contribution in [1.82, 2.24) is 0 Å². The van der Waals surface area contributed by atoms with Gasteiger partial charge in [-0.15, -0.1) is 0 Å². The maximum atomic E-state index is 12.2. The summed E-state index contributed by atoms with van der Waals surface area (Å²) in [4.78, 5) is 24.3. The highest BCUT2D eigenvalue weighted by molar-refractivity contribution is 5.94. The lowest BCUT2D eigenvalue weighted by Crippen LogP contribution is -2.43. The zero-order valence-electron chi connectivity index (χ0n) is 15.6. The van der Waals surface area contributed by atoms with Gasteiger partial charge in [0.25, 0.3) is 0 Å². The number of fused-ring (bicyclic) bond motifs is 4. The minimum absolute atomic E-state index is 0.0124. The molecule has 0 saturated heterocycles.